The molecular weight excluding hydrogens is 394 g/mol. The average molecular weight is 420 g/mol. The molecule has 0 spiro atoms. The van der Waals surface area contributed by atoms with E-state index < -0.39 is 10.0 Å². The Kier molecular flexibility index (Phi) is 5.81. The van der Waals surface area contributed by atoms with Crippen LogP contribution >= 0.6 is 0 Å². The van der Waals surface area contributed by atoms with Crippen LogP contribution in [0.5, 0.6) is 5.75 Å². The summed E-state index contributed by atoms with van der Waals surface area (Å²) in [5.74, 6) is 0.954. The molecule has 0 unspecified atom stereocenters. The lowest BCUT2D eigenvalue weighted by Gasteiger charge is -2.37. The van der Waals surface area contributed by atoms with Gasteiger partial charge in [0, 0.05) is 26.1 Å². The number of nitrogens with zero attached hydrogens (tertiary/aromatic N) is 5. The second kappa shape index (κ2) is 8.50. The Hall–Kier alpha value is -2.46. The summed E-state index contributed by atoms with van der Waals surface area (Å²) in [6, 6.07) is 9.35. The first kappa shape index (κ1) is 19.8. The van der Waals surface area contributed by atoms with E-state index in [2.05, 4.69) is 10.3 Å². The Bertz CT molecular complexity index is 941. The Labute approximate surface area is 170 Å². The molecule has 0 atom stereocenters. The molecule has 1 aromatic heterocycles. The predicted octanol–water partition coefficient (Wildman–Crippen LogP) is 1.06. The molecule has 2 aliphatic heterocycles. The number of sulfonamides is 1. The van der Waals surface area contributed by atoms with Crippen LogP contribution in [0.1, 0.15) is 31.0 Å². The van der Waals surface area contributed by atoms with Gasteiger partial charge in [0.15, 0.2) is 0 Å². The molecule has 1 amide bonds. The second-order valence-electron chi connectivity index (χ2n) is 7.41. The number of hydrogen-bond donors (Lipinski definition) is 0. The maximum Gasteiger partial charge on any atom is 0.222 e. The van der Waals surface area contributed by atoms with E-state index in [0.29, 0.717) is 39.1 Å². The van der Waals surface area contributed by atoms with Gasteiger partial charge in [0.05, 0.1) is 31.1 Å². The van der Waals surface area contributed by atoms with Crippen molar-refractivity contribution >= 4 is 15.9 Å². The molecule has 2 aromatic rings. The number of hydrogen-bond acceptors (Lipinski definition) is 6. The highest BCUT2D eigenvalue weighted by molar-refractivity contribution is 7.89. The maximum atomic E-state index is 12.5. The number of benzene rings is 1. The summed E-state index contributed by atoms with van der Waals surface area (Å²) in [6.45, 7) is 2.38. The normalized spacial score (nSPS) is 18.2. The van der Waals surface area contributed by atoms with Gasteiger partial charge in [-0.3, -0.25) is 4.79 Å². The van der Waals surface area contributed by atoms with Gasteiger partial charge in [0.2, 0.25) is 15.9 Å². The summed E-state index contributed by atoms with van der Waals surface area (Å²) in [5.41, 5.74) is 0.736. The topological polar surface area (TPSA) is 97.6 Å². The Morgan fingerprint density at radius 3 is 2.69 bits per heavy atom. The van der Waals surface area contributed by atoms with E-state index >= 15 is 0 Å². The number of ether oxygens (including phenoxy) is 1. The Morgan fingerprint density at radius 2 is 1.97 bits per heavy atom. The van der Waals surface area contributed by atoms with Crippen molar-refractivity contribution in [2.24, 2.45) is 0 Å². The summed E-state index contributed by atoms with van der Waals surface area (Å²) in [4.78, 5) is 13.5. The third kappa shape index (κ3) is 4.76. The fourth-order valence-electron chi connectivity index (χ4n) is 3.52. The van der Waals surface area contributed by atoms with Crippen LogP contribution in [-0.2, 0) is 21.4 Å². The van der Waals surface area contributed by atoms with Crippen molar-refractivity contribution < 1.29 is 17.9 Å². The fraction of sp³-hybridized carbons (Fsp3) is 0.526. The summed E-state index contributed by atoms with van der Waals surface area (Å²) in [7, 11) is -3.30. The van der Waals surface area contributed by atoms with Gasteiger partial charge in [-0.1, -0.05) is 23.4 Å². The third-order valence-corrected chi connectivity index (χ3v) is 7.13. The third-order valence-electron chi connectivity index (χ3n) is 5.24. The second-order valence-corrected chi connectivity index (χ2v) is 9.50. The molecule has 9 nitrogen and oxygen atoms in total. The molecule has 0 aliphatic carbocycles. The Balaban J connectivity index is 1.21. The smallest absolute Gasteiger partial charge is 0.222 e. The molecule has 0 saturated carbocycles. The van der Waals surface area contributed by atoms with E-state index in [-0.39, 0.29) is 17.7 Å². The minimum atomic E-state index is -3.30. The lowest BCUT2D eigenvalue weighted by Crippen LogP contribution is -2.51. The minimum absolute atomic E-state index is 0.0131. The van der Waals surface area contributed by atoms with Crippen molar-refractivity contribution in [2.75, 3.05) is 32.0 Å². The van der Waals surface area contributed by atoms with E-state index in [1.165, 1.54) is 4.31 Å². The van der Waals surface area contributed by atoms with Crippen LogP contribution < -0.4 is 4.74 Å². The van der Waals surface area contributed by atoms with Crippen LogP contribution in [0.3, 0.4) is 0 Å². The quantitative estimate of drug-likeness (QED) is 0.564. The number of rotatable bonds is 9. The van der Waals surface area contributed by atoms with Gasteiger partial charge in [0.1, 0.15) is 11.4 Å². The van der Waals surface area contributed by atoms with Crippen molar-refractivity contribution in [2.45, 2.75) is 31.8 Å². The Morgan fingerprint density at radius 1 is 1.17 bits per heavy atom. The van der Waals surface area contributed by atoms with Gasteiger partial charge in [-0.25, -0.2) is 13.1 Å². The number of para-hydroxylation sites is 1. The van der Waals surface area contributed by atoms with Crippen molar-refractivity contribution in [3.8, 4) is 5.75 Å². The van der Waals surface area contributed by atoms with Crippen molar-refractivity contribution in [1.29, 1.82) is 0 Å². The van der Waals surface area contributed by atoms with Crippen molar-refractivity contribution in [1.82, 2.24) is 24.2 Å². The van der Waals surface area contributed by atoms with Gasteiger partial charge in [-0.15, -0.1) is 5.10 Å². The number of likely N-dealkylation sites (tertiary alicyclic amines) is 1. The molecule has 156 valence electrons. The average Bonchev–Trinajstić information content (AvgIpc) is 3.28. The van der Waals surface area contributed by atoms with E-state index in [0.717, 1.165) is 24.4 Å². The first-order valence-corrected chi connectivity index (χ1v) is 11.5. The van der Waals surface area contributed by atoms with Crippen molar-refractivity contribution in [3.63, 3.8) is 0 Å². The van der Waals surface area contributed by atoms with Crippen LogP contribution in [0.2, 0.25) is 0 Å². The largest absolute Gasteiger partial charge is 0.494 e. The molecule has 2 fully saturated rings. The van der Waals surface area contributed by atoms with Crippen LogP contribution in [0.25, 0.3) is 0 Å². The van der Waals surface area contributed by atoms with Gasteiger partial charge in [-0.05, 0) is 25.0 Å². The molecule has 2 saturated heterocycles. The van der Waals surface area contributed by atoms with Crippen LogP contribution in [0.15, 0.2) is 36.5 Å². The molecule has 3 heterocycles. The van der Waals surface area contributed by atoms with E-state index in [1.54, 1.807) is 9.58 Å². The monoisotopic (exact) mass is 419 g/mol. The zero-order chi connectivity index (χ0) is 20.3. The SMILES string of the molecule is O=C1CCCN1Cc1cn(C2CN(S(=O)(=O)CCCOc3ccccc3)C2)nn1. The zero-order valence-electron chi connectivity index (χ0n) is 16.2. The van der Waals surface area contributed by atoms with E-state index in [4.69, 9.17) is 4.74 Å². The van der Waals surface area contributed by atoms with Gasteiger partial charge in [0.25, 0.3) is 0 Å². The number of aromatic nitrogens is 3. The van der Waals surface area contributed by atoms with E-state index in [1.807, 2.05) is 36.5 Å². The first-order chi connectivity index (χ1) is 14.0. The molecule has 2 aliphatic rings. The van der Waals surface area contributed by atoms with Crippen LogP contribution in [0, 0.1) is 0 Å². The minimum Gasteiger partial charge on any atom is -0.494 e. The van der Waals surface area contributed by atoms with Crippen molar-refractivity contribution in [3.05, 3.63) is 42.2 Å². The highest BCUT2D eigenvalue weighted by Gasteiger charge is 2.37. The lowest BCUT2D eigenvalue weighted by molar-refractivity contribution is -0.128. The molecule has 0 bridgehead atoms. The maximum absolute atomic E-state index is 12.5. The molecule has 0 radical (unpaired) electrons. The molecule has 10 heteroatoms. The standard InChI is InChI=1S/C19H25N5O4S/c25-19-8-4-9-22(19)12-16-13-24(21-20-16)17-14-23(15-17)29(26,27)11-5-10-28-18-6-2-1-3-7-18/h1-3,6-7,13,17H,4-5,8-12,14-15H2. The predicted molar refractivity (Wildman–Crippen MR) is 106 cm³/mol. The molecule has 1 aromatic carbocycles. The summed E-state index contributed by atoms with van der Waals surface area (Å²) in [6.07, 6.45) is 3.74. The number of carbonyl (C=O) groups excluding carboxylic acids is 1. The summed E-state index contributed by atoms with van der Waals surface area (Å²) in [5, 5.41) is 8.25. The first-order valence-electron chi connectivity index (χ1n) is 9.85. The van der Waals surface area contributed by atoms with Gasteiger partial charge in [-0.2, -0.15) is 4.31 Å². The highest BCUT2D eigenvalue weighted by atomic mass is 32.2. The molecule has 29 heavy (non-hydrogen) atoms. The summed E-state index contributed by atoms with van der Waals surface area (Å²) < 4.78 is 33.6. The number of amides is 1. The highest BCUT2D eigenvalue weighted by Crippen LogP contribution is 2.24. The van der Waals surface area contributed by atoms with Gasteiger partial charge >= 0.3 is 0 Å². The fourth-order valence-corrected chi connectivity index (χ4v) is 5.06. The zero-order valence-corrected chi connectivity index (χ0v) is 17.0. The summed E-state index contributed by atoms with van der Waals surface area (Å²) >= 11 is 0. The molecule has 4 rings (SSSR count). The molecule has 0 N–H and O–H groups in total. The van der Waals surface area contributed by atoms with Crippen LogP contribution in [-0.4, -0.2) is 70.5 Å². The van der Waals surface area contributed by atoms with E-state index in [9.17, 15) is 13.2 Å². The molecular formula is C19H25N5O4S. The van der Waals surface area contributed by atoms with Gasteiger partial charge < -0.3 is 9.64 Å². The lowest BCUT2D eigenvalue weighted by atomic mass is 10.2. The van der Waals surface area contributed by atoms with Crippen LogP contribution in [0.4, 0.5) is 0 Å². The number of carbonyl (C=O) groups is 1.